The van der Waals surface area contributed by atoms with Gasteiger partial charge >= 0.3 is 5.97 Å². The van der Waals surface area contributed by atoms with Crippen LogP contribution in [0.1, 0.15) is 35.6 Å². The molecule has 1 heterocycles. The van der Waals surface area contributed by atoms with Crippen molar-refractivity contribution in [1.29, 1.82) is 0 Å². The summed E-state index contributed by atoms with van der Waals surface area (Å²) in [5.74, 6) is -0.428. The lowest BCUT2D eigenvalue weighted by Crippen LogP contribution is -2.23. The number of rotatable bonds is 3. The molecule has 1 rings (SSSR count). The summed E-state index contributed by atoms with van der Waals surface area (Å²) >= 11 is 1.23. The first kappa shape index (κ1) is 12.1. The van der Waals surface area contributed by atoms with Crippen LogP contribution in [0.4, 0.5) is 0 Å². The number of nitrogens with two attached hydrogens (primary N) is 1. The first-order valence-electron chi connectivity index (χ1n) is 4.68. The second kappa shape index (κ2) is 4.67. The van der Waals surface area contributed by atoms with E-state index in [0.717, 1.165) is 5.01 Å². The molecule has 6 heteroatoms. The van der Waals surface area contributed by atoms with Crippen molar-refractivity contribution in [2.45, 2.75) is 32.8 Å². The summed E-state index contributed by atoms with van der Waals surface area (Å²) < 4.78 is 5.15. The highest BCUT2D eigenvalue weighted by Gasteiger charge is 2.21. The number of ether oxygens (including phenoxy) is 1. The van der Waals surface area contributed by atoms with Crippen molar-refractivity contribution in [3.05, 3.63) is 10.0 Å². The van der Waals surface area contributed by atoms with Crippen LogP contribution < -0.4 is 5.73 Å². The van der Waals surface area contributed by atoms with E-state index in [4.69, 9.17) is 10.5 Å². The van der Waals surface area contributed by atoms with Crippen molar-refractivity contribution < 1.29 is 9.53 Å². The zero-order chi connectivity index (χ0) is 11.5. The molecular weight excluding hydrogens is 214 g/mol. The SMILES string of the molecule is CC(C)(C)OC(=O)c1nnc(CCN)s1. The number of hydrogen-bond acceptors (Lipinski definition) is 6. The molecule has 0 saturated heterocycles. The lowest BCUT2D eigenvalue weighted by molar-refractivity contribution is 0.00683. The van der Waals surface area contributed by atoms with Gasteiger partial charge in [0.2, 0.25) is 5.01 Å². The van der Waals surface area contributed by atoms with Gasteiger partial charge in [0.1, 0.15) is 10.6 Å². The zero-order valence-electron chi connectivity index (χ0n) is 9.11. The molecule has 0 radical (unpaired) electrons. The Hall–Kier alpha value is -1.01. The van der Waals surface area contributed by atoms with Gasteiger partial charge in [0, 0.05) is 6.42 Å². The molecule has 0 unspecified atom stereocenters. The van der Waals surface area contributed by atoms with Gasteiger partial charge in [0.15, 0.2) is 0 Å². The Labute approximate surface area is 92.6 Å². The number of carbonyl (C=O) groups is 1. The average molecular weight is 229 g/mol. The normalized spacial score (nSPS) is 11.5. The quantitative estimate of drug-likeness (QED) is 0.782. The average Bonchev–Trinajstić information content (AvgIpc) is 2.50. The predicted molar refractivity (Wildman–Crippen MR) is 57.8 cm³/mol. The fourth-order valence-corrected chi connectivity index (χ4v) is 1.61. The van der Waals surface area contributed by atoms with E-state index >= 15 is 0 Å². The molecule has 0 aliphatic carbocycles. The van der Waals surface area contributed by atoms with Crippen LogP contribution in [0.2, 0.25) is 0 Å². The molecule has 0 atom stereocenters. The largest absolute Gasteiger partial charge is 0.455 e. The van der Waals surface area contributed by atoms with Crippen molar-refractivity contribution in [1.82, 2.24) is 10.2 Å². The second-order valence-electron chi connectivity index (χ2n) is 4.04. The zero-order valence-corrected chi connectivity index (χ0v) is 9.93. The van der Waals surface area contributed by atoms with Gasteiger partial charge in [-0.15, -0.1) is 10.2 Å². The summed E-state index contributed by atoms with van der Waals surface area (Å²) in [6, 6.07) is 0. The number of hydrogen-bond donors (Lipinski definition) is 1. The van der Waals surface area contributed by atoms with Crippen LogP contribution in [0.3, 0.4) is 0 Å². The number of carbonyl (C=O) groups excluding carboxylic acids is 1. The fourth-order valence-electron chi connectivity index (χ4n) is 0.882. The first-order valence-corrected chi connectivity index (χ1v) is 5.50. The third-order valence-electron chi connectivity index (χ3n) is 1.40. The molecule has 0 saturated carbocycles. The predicted octanol–water partition coefficient (Wildman–Crippen LogP) is 0.995. The van der Waals surface area contributed by atoms with Crippen LogP contribution >= 0.6 is 11.3 Å². The van der Waals surface area contributed by atoms with E-state index in [0.29, 0.717) is 13.0 Å². The highest BCUT2D eigenvalue weighted by Crippen LogP contribution is 2.15. The minimum absolute atomic E-state index is 0.286. The maximum Gasteiger partial charge on any atom is 0.369 e. The van der Waals surface area contributed by atoms with E-state index in [1.54, 1.807) is 0 Å². The lowest BCUT2D eigenvalue weighted by atomic mass is 10.2. The molecule has 0 aliphatic rings. The van der Waals surface area contributed by atoms with E-state index in [2.05, 4.69) is 10.2 Å². The van der Waals surface area contributed by atoms with E-state index in [-0.39, 0.29) is 5.01 Å². The van der Waals surface area contributed by atoms with Gasteiger partial charge in [-0.1, -0.05) is 11.3 Å². The van der Waals surface area contributed by atoms with Gasteiger partial charge in [-0.05, 0) is 27.3 Å². The molecule has 2 N–H and O–H groups in total. The molecule has 0 bridgehead atoms. The number of esters is 1. The maximum absolute atomic E-state index is 11.5. The third-order valence-corrected chi connectivity index (χ3v) is 2.36. The topological polar surface area (TPSA) is 78.1 Å². The van der Waals surface area contributed by atoms with E-state index in [1.807, 2.05) is 20.8 Å². The van der Waals surface area contributed by atoms with Gasteiger partial charge in [0.25, 0.3) is 0 Å². The molecule has 1 aromatic heterocycles. The smallest absolute Gasteiger partial charge is 0.369 e. The Morgan fingerprint density at radius 1 is 1.47 bits per heavy atom. The van der Waals surface area contributed by atoms with Crippen LogP contribution in [0.25, 0.3) is 0 Å². The van der Waals surface area contributed by atoms with Gasteiger partial charge in [0.05, 0.1) is 0 Å². The van der Waals surface area contributed by atoms with Crippen molar-refractivity contribution in [2.75, 3.05) is 6.54 Å². The van der Waals surface area contributed by atoms with Crippen LogP contribution in [-0.4, -0.2) is 28.3 Å². The Bertz CT molecular complexity index is 343. The first-order chi connectivity index (χ1) is 6.92. The van der Waals surface area contributed by atoms with Crippen LogP contribution in [0, 0.1) is 0 Å². The molecule has 0 aliphatic heterocycles. The molecule has 1 aromatic rings. The van der Waals surface area contributed by atoms with Gasteiger partial charge in [-0.2, -0.15) is 0 Å². The minimum atomic E-state index is -0.503. The second-order valence-corrected chi connectivity index (χ2v) is 5.10. The van der Waals surface area contributed by atoms with Crippen LogP contribution in [-0.2, 0) is 11.2 Å². The monoisotopic (exact) mass is 229 g/mol. The van der Waals surface area contributed by atoms with Gasteiger partial charge < -0.3 is 10.5 Å². The third kappa shape index (κ3) is 3.93. The summed E-state index contributed by atoms with van der Waals surface area (Å²) in [5.41, 5.74) is 4.87. The maximum atomic E-state index is 11.5. The molecule has 0 fully saturated rings. The summed E-state index contributed by atoms with van der Waals surface area (Å²) in [6.45, 7) is 5.94. The Balaban J connectivity index is 2.66. The van der Waals surface area contributed by atoms with E-state index in [1.165, 1.54) is 11.3 Å². The van der Waals surface area contributed by atoms with Crippen molar-refractivity contribution in [2.24, 2.45) is 5.73 Å². The summed E-state index contributed by atoms with van der Waals surface area (Å²) in [4.78, 5) is 11.5. The fraction of sp³-hybridized carbons (Fsp3) is 0.667. The van der Waals surface area contributed by atoms with Crippen molar-refractivity contribution >= 4 is 17.3 Å². The van der Waals surface area contributed by atoms with Gasteiger partial charge in [-0.3, -0.25) is 0 Å². The highest BCUT2D eigenvalue weighted by atomic mass is 32.1. The van der Waals surface area contributed by atoms with E-state index in [9.17, 15) is 4.79 Å². The Morgan fingerprint density at radius 3 is 2.67 bits per heavy atom. The molecule has 0 amide bonds. The standard InChI is InChI=1S/C9H15N3O2S/c1-9(2,3)14-8(13)7-12-11-6(15-7)4-5-10/h4-5,10H2,1-3H3. The molecule has 0 aromatic carbocycles. The van der Waals surface area contributed by atoms with Crippen molar-refractivity contribution in [3.8, 4) is 0 Å². The Morgan fingerprint density at radius 2 is 2.13 bits per heavy atom. The molecule has 15 heavy (non-hydrogen) atoms. The summed E-state index contributed by atoms with van der Waals surface area (Å²) in [5, 5.41) is 8.65. The van der Waals surface area contributed by atoms with Crippen LogP contribution in [0.5, 0.6) is 0 Å². The van der Waals surface area contributed by atoms with E-state index < -0.39 is 11.6 Å². The lowest BCUT2D eigenvalue weighted by Gasteiger charge is -2.17. The summed E-state index contributed by atoms with van der Waals surface area (Å²) in [7, 11) is 0. The Kier molecular flexibility index (Phi) is 3.76. The van der Waals surface area contributed by atoms with Crippen LogP contribution in [0.15, 0.2) is 0 Å². The molecule has 84 valence electrons. The molecular formula is C9H15N3O2S. The molecule has 0 spiro atoms. The number of nitrogens with zero attached hydrogens (tertiary/aromatic N) is 2. The highest BCUT2D eigenvalue weighted by molar-refractivity contribution is 7.13. The van der Waals surface area contributed by atoms with Crippen molar-refractivity contribution in [3.63, 3.8) is 0 Å². The van der Waals surface area contributed by atoms with Gasteiger partial charge in [-0.25, -0.2) is 4.79 Å². The number of aromatic nitrogens is 2. The summed E-state index contributed by atoms with van der Waals surface area (Å²) in [6.07, 6.45) is 0.639. The minimum Gasteiger partial charge on any atom is -0.455 e. The molecule has 5 nitrogen and oxygen atoms in total.